The maximum atomic E-state index is 11.6. The third-order valence-corrected chi connectivity index (χ3v) is 3.12. The summed E-state index contributed by atoms with van der Waals surface area (Å²) in [5, 5.41) is 5.16. The van der Waals surface area contributed by atoms with Crippen LogP contribution in [0.3, 0.4) is 0 Å². The van der Waals surface area contributed by atoms with E-state index in [1.165, 1.54) is 0 Å². The fourth-order valence-electron chi connectivity index (χ4n) is 1.25. The third kappa shape index (κ3) is 8.22. The number of carbonyl (C=O) groups is 2. The molecule has 0 aromatic carbocycles. The first-order valence-corrected chi connectivity index (χ1v) is 8.12. The van der Waals surface area contributed by atoms with Crippen LogP contribution in [0.15, 0.2) is 0 Å². The van der Waals surface area contributed by atoms with Crippen molar-refractivity contribution in [2.24, 2.45) is 0 Å². The van der Waals surface area contributed by atoms with Crippen LogP contribution in [0.2, 0.25) is 0 Å². The van der Waals surface area contributed by atoms with E-state index in [-0.39, 0.29) is 16.8 Å². The highest BCUT2D eigenvalue weighted by Gasteiger charge is 2.24. The number of hydrogen-bond acceptors (Lipinski definition) is 3. The molecule has 0 heterocycles. The van der Waals surface area contributed by atoms with E-state index in [1.807, 2.05) is 0 Å². The summed E-state index contributed by atoms with van der Waals surface area (Å²) < 4.78 is 5.14. The van der Waals surface area contributed by atoms with Crippen molar-refractivity contribution in [1.82, 2.24) is 10.6 Å². The summed E-state index contributed by atoms with van der Waals surface area (Å²) in [7, 11) is 1.80. The van der Waals surface area contributed by atoms with Crippen LogP contribution in [0, 0.1) is 0 Å². The van der Waals surface area contributed by atoms with Gasteiger partial charge in [0.05, 0.1) is 12.5 Å². The fraction of sp³-hybridized carbons (Fsp3) is 0.833. The monoisotopic (exact) mass is 277 g/mol. The Kier molecular flexibility index (Phi) is 7.13. The molecule has 0 bridgehead atoms. The Balaban J connectivity index is 4.40. The van der Waals surface area contributed by atoms with Gasteiger partial charge in [0.25, 0.3) is 0 Å². The van der Waals surface area contributed by atoms with Gasteiger partial charge in [-0.2, -0.15) is 0 Å². The zero-order valence-corrected chi connectivity index (χ0v) is 12.9. The van der Waals surface area contributed by atoms with Crippen molar-refractivity contribution in [3.63, 3.8) is 0 Å². The first-order chi connectivity index (χ1) is 8.15. The molecule has 1 atom stereocenters. The normalized spacial score (nSPS) is 13.1. The second kappa shape index (κ2) is 7.51. The Hall–Kier alpha value is -0.910. The summed E-state index contributed by atoms with van der Waals surface area (Å²) in [5.74, 6) is 0.708. The minimum absolute atomic E-state index is 0.189. The van der Waals surface area contributed by atoms with Gasteiger partial charge in [0.15, 0.2) is 0 Å². The Morgan fingerprint density at radius 3 is 2.22 bits per heavy atom. The molecule has 106 valence electrons. The molecule has 2 N–H and O–H groups in total. The van der Waals surface area contributed by atoms with Gasteiger partial charge in [-0.1, -0.05) is 0 Å². The predicted molar refractivity (Wildman–Crippen MR) is 75.9 cm³/mol. The standard InChI is InChI=1S/C12H24N2O3S/c1-12(2,3)17-11(16)14-9(10(15)13-4)7-8-18(5)6/h9H,7-8H2,1-6H3,(H-,13,14,15,16)/p+1/t9-/m1/s1. The van der Waals surface area contributed by atoms with Crippen LogP contribution in [-0.2, 0) is 20.4 Å². The number of amides is 2. The van der Waals surface area contributed by atoms with Crippen molar-refractivity contribution >= 4 is 22.9 Å². The Morgan fingerprint density at radius 2 is 1.83 bits per heavy atom. The third-order valence-electron chi connectivity index (χ3n) is 2.07. The lowest BCUT2D eigenvalue weighted by molar-refractivity contribution is -0.122. The van der Waals surface area contributed by atoms with Crippen molar-refractivity contribution in [1.29, 1.82) is 0 Å². The van der Waals surface area contributed by atoms with Gasteiger partial charge in [0.2, 0.25) is 5.91 Å². The van der Waals surface area contributed by atoms with Crippen molar-refractivity contribution in [3.05, 3.63) is 0 Å². The Morgan fingerprint density at radius 1 is 1.28 bits per heavy atom. The van der Waals surface area contributed by atoms with E-state index in [4.69, 9.17) is 4.74 Å². The van der Waals surface area contributed by atoms with E-state index in [2.05, 4.69) is 23.1 Å². The largest absolute Gasteiger partial charge is 0.444 e. The molecule has 0 aliphatic heterocycles. The molecule has 0 saturated carbocycles. The number of likely N-dealkylation sites (N-methyl/N-ethyl adjacent to an activating group) is 1. The predicted octanol–water partition coefficient (Wildman–Crippen LogP) is 0.894. The van der Waals surface area contributed by atoms with E-state index in [0.29, 0.717) is 6.42 Å². The van der Waals surface area contributed by atoms with Crippen molar-refractivity contribution in [3.8, 4) is 0 Å². The molecule has 0 fully saturated rings. The van der Waals surface area contributed by atoms with E-state index < -0.39 is 17.7 Å². The average Bonchev–Trinajstić information content (AvgIpc) is 2.20. The smallest absolute Gasteiger partial charge is 0.408 e. The lowest BCUT2D eigenvalue weighted by Gasteiger charge is -2.22. The molecule has 0 rings (SSSR count). The van der Waals surface area contributed by atoms with Gasteiger partial charge in [0.1, 0.15) is 17.4 Å². The number of alkyl carbamates (subject to hydrolysis) is 1. The van der Waals surface area contributed by atoms with Gasteiger partial charge >= 0.3 is 6.09 Å². The summed E-state index contributed by atoms with van der Waals surface area (Å²) in [6.45, 7) is 5.37. The van der Waals surface area contributed by atoms with Crippen LogP contribution < -0.4 is 10.6 Å². The minimum atomic E-state index is -0.558. The number of nitrogens with one attached hydrogen (secondary N) is 2. The van der Waals surface area contributed by atoms with E-state index in [1.54, 1.807) is 27.8 Å². The molecule has 0 aromatic rings. The maximum Gasteiger partial charge on any atom is 0.408 e. The van der Waals surface area contributed by atoms with Gasteiger partial charge < -0.3 is 15.4 Å². The molecule has 0 saturated heterocycles. The number of ether oxygens (including phenoxy) is 1. The van der Waals surface area contributed by atoms with Crippen LogP contribution >= 0.6 is 0 Å². The number of rotatable bonds is 5. The second-order valence-corrected chi connectivity index (χ2v) is 7.67. The average molecular weight is 277 g/mol. The van der Waals surface area contributed by atoms with Gasteiger partial charge in [-0.15, -0.1) is 0 Å². The quantitative estimate of drug-likeness (QED) is 0.734. The molecule has 5 nitrogen and oxygen atoms in total. The molecule has 6 heteroatoms. The highest BCUT2D eigenvalue weighted by molar-refractivity contribution is 7.95. The van der Waals surface area contributed by atoms with Crippen molar-refractivity contribution < 1.29 is 14.3 Å². The van der Waals surface area contributed by atoms with Gasteiger partial charge in [-0.05, 0) is 31.7 Å². The molecular weight excluding hydrogens is 252 g/mol. The summed E-state index contributed by atoms with van der Waals surface area (Å²) in [4.78, 5) is 23.3. The van der Waals surface area contributed by atoms with Gasteiger partial charge in [-0.25, -0.2) is 4.79 Å². The molecule has 2 amide bonds. The molecule has 0 aromatic heterocycles. The SMILES string of the molecule is CNC(=O)[C@@H](CC[S+](C)C)NC(=O)OC(C)(C)C. The molecule has 0 aliphatic carbocycles. The summed E-state index contributed by atoms with van der Waals surface area (Å²) in [6.07, 6.45) is 4.28. The topological polar surface area (TPSA) is 67.4 Å². The Labute approximate surface area is 112 Å². The number of hydrogen-bond donors (Lipinski definition) is 2. The summed E-state index contributed by atoms with van der Waals surface area (Å²) in [6, 6.07) is -0.528. The maximum absolute atomic E-state index is 11.6. The first kappa shape index (κ1) is 17.1. The van der Waals surface area contributed by atoms with Crippen molar-refractivity contribution in [2.75, 3.05) is 25.3 Å². The van der Waals surface area contributed by atoms with E-state index in [9.17, 15) is 9.59 Å². The highest BCUT2D eigenvalue weighted by Crippen LogP contribution is 2.07. The highest BCUT2D eigenvalue weighted by atomic mass is 32.2. The first-order valence-electron chi connectivity index (χ1n) is 5.91. The molecule has 0 spiro atoms. The lowest BCUT2D eigenvalue weighted by Crippen LogP contribution is -2.48. The second-order valence-electron chi connectivity index (χ2n) is 5.29. The van der Waals surface area contributed by atoms with Crippen LogP contribution in [0.1, 0.15) is 27.2 Å². The molecule has 0 radical (unpaired) electrons. The molecular formula is C12H25N2O3S+. The molecule has 18 heavy (non-hydrogen) atoms. The van der Waals surface area contributed by atoms with Crippen LogP contribution in [0.5, 0.6) is 0 Å². The van der Waals surface area contributed by atoms with Crippen LogP contribution in [0.25, 0.3) is 0 Å². The summed E-state index contributed by atoms with van der Waals surface area (Å²) in [5.41, 5.74) is -0.558. The van der Waals surface area contributed by atoms with E-state index >= 15 is 0 Å². The van der Waals surface area contributed by atoms with Crippen molar-refractivity contribution in [2.45, 2.75) is 38.8 Å². The van der Waals surface area contributed by atoms with E-state index in [0.717, 1.165) is 5.75 Å². The van der Waals surface area contributed by atoms with Gasteiger partial charge in [-0.3, -0.25) is 4.79 Å². The zero-order valence-electron chi connectivity index (χ0n) is 12.1. The van der Waals surface area contributed by atoms with Crippen LogP contribution in [0.4, 0.5) is 4.79 Å². The van der Waals surface area contributed by atoms with Crippen LogP contribution in [-0.4, -0.2) is 49.0 Å². The molecule has 0 unspecified atom stereocenters. The summed E-state index contributed by atoms with van der Waals surface area (Å²) >= 11 is 0. The minimum Gasteiger partial charge on any atom is -0.444 e. The fourth-order valence-corrected chi connectivity index (χ4v) is 1.95. The zero-order chi connectivity index (χ0) is 14.3. The van der Waals surface area contributed by atoms with Gasteiger partial charge in [0, 0.05) is 13.5 Å². The lowest BCUT2D eigenvalue weighted by atomic mass is 10.2. The molecule has 0 aliphatic rings. The Bertz CT molecular complexity index is 288. The number of carbonyl (C=O) groups excluding carboxylic acids is 2.